The van der Waals surface area contributed by atoms with Crippen LogP contribution in [-0.4, -0.2) is 0 Å². The van der Waals surface area contributed by atoms with Crippen molar-refractivity contribution in [2.24, 2.45) is 5.73 Å². The van der Waals surface area contributed by atoms with Crippen molar-refractivity contribution in [1.82, 2.24) is 0 Å². The molecule has 3 nitrogen and oxygen atoms in total. The Bertz CT molecular complexity index is 684. The maximum Gasteiger partial charge on any atom is 0.124 e. The summed E-state index contributed by atoms with van der Waals surface area (Å²) in [6, 6.07) is 13.7. The molecule has 108 valence electrons. The van der Waals surface area contributed by atoms with Gasteiger partial charge >= 0.3 is 0 Å². The van der Waals surface area contributed by atoms with Crippen LogP contribution in [0.15, 0.2) is 36.4 Å². The number of ether oxygens (including phenoxy) is 1. The number of aryl methyl sites for hydroxylation is 2. The van der Waals surface area contributed by atoms with Gasteiger partial charge in [-0.05, 0) is 50.1 Å². The quantitative estimate of drug-likeness (QED) is 0.927. The topological polar surface area (TPSA) is 59.0 Å². The fourth-order valence-corrected chi connectivity index (χ4v) is 2.24. The molecule has 0 saturated carbocycles. The highest BCUT2D eigenvalue weighted by Gasteiger charge is 2.09. The summed E-state index contributed by atoms with van der Waals surface area (Å²) >= 11 is 0. The molecule has 2 aromatic rings. The molecule has 0 amide bonds. The second-order valence-electron chi connectivity index (χ2n) is 5.37. The van der Waals surface area contributed by atoms with E-state index < -0.39 is 0 Å². The van der Waals surface area contributed by atoms with Crippen molar-refractivity contribution in [2.75, 3.05) is 0 Å². The SMILES string of the molecule is Cc1ccc(OCc2ccc(C#N)cc2C)c([C@@H](C)N)c1. The van der Waals surface area contributed by atoms with Gasteiger partial charge in [0.15, 0.2) is 0 Å². The lowest BCUT2D eigenvalue weighted by Gasteiger charge is -2.15. The van der Waals surface area contributed by atoms with Crippen molar-refractivity contribution in [3.8, 4) is 11.8 Å². The minimum atomic E-state index is -0.0676. The molecule has 0 aromatic heterocycles. The van der Waals surface area contributed by atoms with Crippen LogP contribution in [0.4, 0.5) is 0 Å². The molecule has 0 spiro atoms. The predicted octanol–water partition coefficient (Wildman–Crippen LogP) is 3.77. The van der Waals surface area contributed by atoms with Crippen molar-refractivity contribution in [3.05, 3.63) is 64.2 Å². The minimum Gasteiger partial charge on any atom is -0.489 e. The third-order valence-corrected chi connectivity index (χ3v) is 3.51. The van der Waals surface area contributed by atoms with Crippen LogP contribution in [0.5, 0.6) is 5.75 Å². The van der Waals surface area contributed by atoms with E-state index in [2.05, 4.69) is 12.1 Å². The summed E-state index contributed by atoms with van der Waals surface area (Å²) in [7, 11) is 0. The van der Waals surface area contributed by atoms with Crippen LogP contribution in [0.2, 0.25) is 0 Å². The first-order chi connectivity index (χ1) is 10.0. The summed E-state index contributed by atoms with van der Waals surface area (Å²) in [6.07, 6.45) is 0. The van der Waals surface area contributed by atoms with E-state index in [0.717, 1.165) is 22.4 Å². The summed E-state index contributed by atoms with van der Waals surface area (Å²) in [4.78, 5) is 0. The highest BCUT2D eigenvalue weighted by Crippen LogP contribution is 2.26. The van der Waals surface area contributed by atoms with Gasteiger partial charge in [0.05, 0.1) is 11.6 Å². The number of nitrogens with two attached hydrogens (primary N) is 1. The van der Waals surface area contributed by atoms with Gasteiger partial charge < -0.3 is 10.5 Å². The van der Waals surface area contributed by atoms with E-state index in [9.17, 15) is 0 Å². The Labute approximate surface area is 126 Å². The fraction of sp³-hybridized carbons (Fsp3) is 0.278. The van der Waals surface area contributed by atoms with Gasteiger partial charge in [-0.3, -0.25) is 0 Å². The molecule has 0 fully saturated rings. The van der Waals surface area contributed by atoms with Crippen molar-refractivity contribution in [3.63, 3.8) is 0 Å². The molecule has 0 saturated heterocycles. The van der Waals surface area contributed by atoms with Crippen molar-refractivity contribution >= 4 is 0 Å². The molecule has 0 radical (unpaired) electrons. The lowest BCUT2D eigenvalue weighted by Crippen LogP contribution is -2.08. The molecule has 0 aliphatic heterocycles. The Kier molecular flexibility index (Phi) is 4.62. The van der Waals surface area contributed by atoms with Crippen LogP contribution in [0, 0.1) is 25.2 Å². The lowest BCUT2D eigenvalue weighted by atomic mass is 10.0. The van der Waals surface area contributed by atoms with E-state index in [0.29, 0.717) is 12.2 Å². The summed E-state index contributed by atoms with van der Waals surface area (Å²) < 4.78 is 5.93. The van der Waals surface area contributed by atoms with E-state index in [1.165, 1.54) is 5.56 Å². The normalized spacial score (nSPS) is 11.8. The standard InChI is InChI=1S/C18H20N2O/c1-12-4-7-18(17(8-12)14(3)20)21-11-16-6-5-15(10-19)9-13(16)2/h4-9,14H,11,20H2,1-3H3/t14-/m1/s1. The van der Waals surface area contributed by atoms with E-state index in [1.807, 2.05) is 51.1 Å². The predicted molar refractivity (Wildman–Crippen MR) is 84.0 cm³/mol. The van der Waals surface area contributed by atoms with Gasteiger partial charge in [-0.2, -0.15) is 5.26 Å². The van der Waals surface area contributed by atoms with Crippen LogP contribution in [0.3, 0.4) is 0 Å². The highest BCUT2D eigenvalue weighted by atomic mass is 16.5. The van der Waals surface area contributed by atoms with Crippen LogP contribution < -0.4 is 10.5 Å². The summed E-state index contributed by atoms with van der Waals surface area (Å²) in [5.41, 5.74) is 11.0. The third kappa shape index (κ3) is 3.62. The van der Waals surface area contributed by atoms with Gasteiger partial charge in [-0.25, -0.2) is 0 Å². The Balaban J connectivity index is 2.19. The number of hydrogen-bond donors (Lipinski definition) is 1. The molecule has 2 rings (SSSR count). The molecule has 0 bridgehead atoms. The molecular formula is C18H20N2O. The van der Waals surface area contributed by atoms with Crippen LogP contribution >= 0.6 is 0 Å². The van der Waals surface area contributed by atoms with Gasteiger partial charge in [0, 0.05) is 11.6 Å². The minimum absolute atomic E-state index is 0.0676. The number of benzene rings is 2. The van der Waals surface area contributed by atoms with Gasteiger partial charge in [-0.1, -0.05) is 23.8 Å². The second-order valence-corrected chi connectivity index (χ2v) is 5.37. The molecule has 3 heteroatoms. The zero-order chi connectivity index (χ0) is 15.4. The van der Waals surface area contributed by atoms with Crippen molar-refractivity contribution in [2.45, 2.75) is 33.4 Å². The van der Waals surface area contributed by atoms with Gasteiger partial charge in [0.2, 0.25) is 0 Å². The molecular weight excluding hydrogens is 260 g/mol. The molecule has 2 N–H and O–H groups in total. The zero-order valence-corrected chi connectivity index (χ0v) is 12.7. The maximum atomic E-state index is 8.89. The second kappa shape index (κ2) is 6.43. The van der Waals surface area contributed by atoms with Gasteiger partial charge in [0.25, 0.3) is 0 Å². The lowest BCUT2D eigenvalue weighted by molar-refractivity contribution is 0.300. The van der Waals surface area contributed by atoms with E-state index in [-0.39, 0.29) is 6.04 Å². The molecule has 2 aromatic carbocycles. The van der Waals surface area contributed by atoms with E-state index in [4.69, 9.17) is 15.7 Å². The smallest absolute Gasteiger partial charge is 0.124 e. The van der Waals surface area contributed by atoms with Crippen molar-refractivity contribution < 1.29 is 4.74 Å². The Morgan fingerprint density at radius 3 is 2.57 bits per heavy atom. The summed E-state index contributed by atoms with van der Waals surface area (Å²) in [5, 5.41) is 8.89. The number of nitriles is 1. The van der Waals surface area contributed by atoms with Gasteiger partial charge in [0.1, 0.15) is 12.4 Å². The maximum absolute atomic E-state index is 8.89. The Morgan fingerprint density at radius 1 is 1.19 bits per heavy atom. The summed E-state index contributed by atoms with van der Waals surface area (Å²) in [5.74, 6) is 0.819. The average Bonchev–Trinajstić information content (AvgIpc) is 2.46. The highest BCUT2D eigenvalue weighted by molar-refractivity contribution is 5.40. The molecule has 0 unspecified atom stereocenters. The first-order valence-electron chi connectivity index (χ1n) is 7.00. The fourth-order valence-electron chi connectivity index (χ4n) is 2.24. The number of hydrogen-bond acceptors (Lipinski definition) is 3. The van der Waals surface area contributed by atoms with Crippen LogP contribution in [0.1, 0.15) is 40.8 Å². The third-order valence-electron chi connectivity index (χ3n) is 3.51. The largest absolute Gasteiger partial charge is 0.489 e. The first kappa shape index (κ1) is 15.1. The van der Waals surface area contributed by atoms with Crippen molar-refractivity contribution in [1.29, 1.82) is 5.26 Å². The molecule has 0 aliphatic carbocycles. The average molecular weight is 280 g/mol. The van der Waals surface area contributed by atoms with E-state index in [1.54, 1.807) is 0 Å². The van der Waals surface area contributed by atoms with E-state index >= 15 is 0 Å². The van der Waals surface area contributed by atoms with Crippen LogP contribution in [0.25, 0.3) is 0 Å². The zero-order valence-electron chi connectivity index (χ0n) is 12.7. The van der Waals surface area contributed by atoms with Gasteiger partial charge in [-0.15, -0.1) is 0 Å². The number of nitrogens with zero attached hydrogens (tertiary/aromatic N) is 1. The van der Waals surface area contributed by atoms with Crippen LogP contribution in [-0.2, 0) is 6.61 Å². The molecule has 0 heterocycles. The Morgan fingerprint density at radius 2 is 1.95 bits per heavy atom. The summed E-state index contributed by atoms with van der Waals surface area (Å²) in [6.45, 7) is 6.45. The Hall–Kier alpha value is -2.31. The molecule has 0 aliphatic rings. The molecule has 1 atom stereocenters. The first-order valence-corrected chi connectivity index (χ1v) is 7.00. The molecule has 21 heavy (non-hydrogen) atoms. The number of rotatable bonds is 4. The monoisotopic (exact) mass is 280 g/mol.